The monoisotopic (exact) mass is 486 g/mol. The second-order valence-electron chi connectivity index (χ2n) is 9.31. The third kappa shape index (κ3) is 7.43. The van der Waals surface area contributed by atoms with Gasteiger partial charge >= 0.3 is 5.97 Å². The minimum absolute atomic E-state index is 0.0918. The molecular weight excluding hydrogens is 452 g/mol. The fourth-order valence-electron chi connectivity index (χ4n) is 4.60. The molecule has 1 heterocycles. The summed E-state index contributed by atoms with van der Waals surface area (Å²) in [5.74, 6) is -0.162. The molecule has 0 saturated carbocycles. The predicted molar refractivity (Wildman–Crippen MR) is 142 cm³/mol. The molecule has 0 aliphatic carbocycles. The topological polar surface area (TPSA) is 78.9 Å². The van der Waals surface area contributed by atoms with E-state index < -0.39 is 5.97 Å². The lowest BCUT2D eigenvalue weighted by Crippen LogP contribution is -2.38. The molecular formula is C30H34N2O4. The molecule has 4 rings (SSSR count). The van der Waals surface area contributed by atoms with E-state index in [1.165, 1.54) is 5.56 Å². The lowest BCUT2D eigenvalue weighted by Gasteiger charge is -2.18. The van der Waals surface area contributed by atoms with Crippen LogP contribution in [0.25, 0.3) is 10.8 Å². The number of fused-ring (bicyclic) bond motifs is 1. The number of likely N-dealkylation sites (tertiary alicyclic amines) is 1. The van der Waals surface area contributed by atoms with E-state index in [0.717, 1.165) is 42.6 Å². The average Bonchev–Trinajstić information content (AvgIpc) is 3.32. The van der Waals surface area contributed by atoms with E-state index in [0.29, 0.717) is 24.8 Å². The molecule has 36 heavy (non-hydrogen) atoms. The zero-order chi connectivity index (χ0) is 25.2. The van der Waals surface area contributed by atoms with Crippen molar-refractivity contribution in [1.82, 2.24) is 10.2 Å². The van der Waals surface area contributed by atoms with Crippen LogP contribution in [-0.2, 0) is 16.1 Å². The largest absolute Gasteiger partial charge is 0.488 e. The number of benzene rings is 3. The highest BCUT2D eigenvalue weighted by atomic mass is 16.5. The van der Waals surface area contributed by atoms with Gasteiger partial charge in [-0.1, -0.05) is 72.8 Å². The Hall–Kier alpha value is -3.64. The number of nitrogens with one attached hydrogen (secondary N) is 1. The van der Waals surface area contributed by atoms with Crippen LogP contribution in [0.3, 0.4) is 0 Å². The Balaban J connectivity index is 1.37. The van der Waals surface area contributed by atoms with E-state index in [1.807, 2.05) is 66.7 Å². The summed E-state index contributed by atoms with van der Waals surface area (Å²) in [6, 6.07) is 24.4. The van der Waals surface area contributed by atoms with Crippen LogP contribution in [0.15, 0.2) is 84.4 Å². The number of carboxylic acids is 1. The summed E-state index contributed by atoms with van der Waals surface area (Å²) in [6.45, 7) is 2.81. The zero-order valence-electron chi connectivity index (χ0n) is 20.6. The number of unbranched alkanes of at least 4 members (excludes halogenated alkanes) is 2. The highest BCUT2D eigenvalue weighted by Crippen LogP contribution is 2.25. The Morgan fingerprint density at radius 3 is 2.61 bits per heavy atom. The fraction of sp³-hybridized carbons (Fsp3) is 0.333. The summed E-state index contributed by atoms with van der Waals surface area (Å²) in [5.41, 5.74) is 1.86. The van der Waals surface area contributed by atoms with Crippen molar-refractivity contribution in [1.29, 1.82) is 0 Å². The Morgan fingerprint density at radius 1 is 1.00 bits per heavy atom. The second-order valence-corrected chi connectivity index (χ2v) is 9.31. The van der Waals surface area contributed by atoms with E-state index in [9.17, 15) is 9.59 Å². The van der Waals surface area contributed by atoms with Crippen LogP contribution in [0.4, 0.5) is 0 Å². The number of carbonyl (C=O) groups excluding carboxylic acids is 1. The number of hydrogen-bond donors (Lipinski definition) is 2. The van der Waals surface area contributed by atoms with Crippen LogP contribution < -0.4 is 10.1 Å². The molecule has 0 aromatic heterocycles. The molecule has 1 saturated heterocycles. The van der Waals surface area contributed by atoms with E-state index in [1.54, 1.807) is 0 Å². The van der Waals surface area contributed by atoms with E-state index >= 15 is 0 Å². The van der Waals surface area contributed by atoms with Crippen LogP contribution in [0.1, 0.15) is 37.7 Å². The van der Waals surface area contributed by atoms with Gasteiger partial charge in [0.15, 0.2) is 0 Å². The van der Waals surface area contributed by atoms with Crippen LogP contribution in [0, 0.1) is 0 Å². The van der Waals surface area contributed by atoms with Gasteiger partial charge in [0.2, 0.25) is 0 Å². The molecule has 188 valence electrons. The van der Waals surface area contributed by atoms with Crippen molar-refractivity contribution in [3.05, 3.63) is 90.0 Å². The molecule has 1 amide bonds. The van der Waals surface area contributed by atoms with E-state index in [4.69, 9.17) is 9.84 Å². The van der Waals surface area contributed by atoms with Gasteiger partial charge < -0.3 is 15.2 Å². The number of allylic oxidation sites excluding steroid dienone is 1. The van der Waals surface area contributed by atoms with Crippen molar-refractivity contribution in [2.75, 3.05) is 19.7 Å². The molecule has 2 N–H and O–H groups in total. The van der Waals surface area contributed by atoms with E-state index in [2.05, 4.69) is 22.3 Å². The molecule has 1 aliphatic rings. The quantitative estimate of drug-likeness (QED) is 0.272. The standard InChI is InChI=1S/C30H34N2O4/c33-29(34)17-6-2-5-13-25(22-36-28-16-9-14-24-12-7-8-15-27(24)28)30(35)31-26-18-19-32(21-26)20-23-10-3-1-4-11-23/h1,3-4,7-16,26H,2,5-6,17-22H2,(H,31,35)(H,33,34)/b25-13+. The van der Waals surface area contributed by atoms with Crippen LogP contribution in [0.5, 0.6) is 5.75 Å². The summed E-state index contributed by atoms with van der Waals surface area (Å²) in [6.07, 6.45) is 4.89. The molecule has 3 aromatic carbocycles. The molecule has 3 aromatic rings. The number of ether oxygens (including phenoxy) is 1. The third-order valence-corrected chi connectivity index (χ3v) is 6.52. The SMILES string of the molecule is O=C(O)CCCC/C=C(\COc1cccc2ccccc12)C(=O)NC1CCN(Cc2ccccc2)C1. The first-order chi connectivity index (χ1) is 17.6. The molecule has 0 spiro atoms. The first-order valence-corrected chi connectivity index (χ1v) is 12.7. The summed E-state index contributed by atoms with van der Waals surface area (Å²) < 4.78 is 6.13. The number of rotatable bonds is 12. The van der Waals surface area contributed by atoms with Gasteiger partial charge in [0, 0.05) is 37.5 Å². The summed E-state index contributed by atoms with van der Waals surface area (Å²) in [4.78, 5) is 26.4. The molecule has 6 nitrogen and oxygen atoms in total. The number of hydrogen-bond acceptors (Lipinski definition) is 4. The van der Waals surface area contributed by atoms with Crippen molar-refractivity contribution < 1.29 is 19.4 Å². The van der Waals surface area contributed by atoms with Crippen molar-refractivity contribution in [3.63, 3.8) is 0 Å². The molecule has 1 unspecified atom stereocenters. The van der Waals surface area contributed by atoms with Gasteiger partial charge in [-0.25, -0.2) is 0 Å². The molecule has 6 heteroatoms. The first-order valence-electron chi connectivity index (χ1n) is 12.7. The van der Waals surface area contributed by atoms with Gasteiger partial charge in [0.25, 0.3) is 5.91 Å². The molecule has 0 radical (unpaired) electrons. The molecule has 1 atom stereocenters. The zero-order valence-corrected chi connectivity index (χ0v) is 20.6. The van der Waals surface area contributed by atoms with Gasteiger partial charge in [-0.2, -0.15) is 0 Å². The normalized spacial score (nSPS) is 16.2. The van der Waals surface area contributed by atoms with Gasteiger partial charge in [0.05, 0.1) is 5.57 Å². The van der Waals surface area contributed by atoms with Crippen molar-refractivity contribution in [3.8, 4) is 5.75 Å². The number of carboxylic acid groups (broad SMARTS) is 1. The fourth-order valence-corrected chi connectivity index (χ4v) is 4.60. The maximum absolute atomic E-state index is 13.2. The third-order valence-electron chi connectivity index (χ3n) is 6.52. The number of carbonyl (C=O) groups is 2. The minimum Gasteiger partial charge on any atom is -0.488 e. The second kappa shape index (κ2) is 12.9. The Morgan fingerprint density at radius 2 is 1.78 bits per heavy atom. The van der Waals surface area contributed by atoms with Gasteiger partial charge in [-0.05, 0) is 42.7 Å². The maximum atomic E-state index is 13.2. The van der Waals surface area contributed by atoms with Crippen LogP contribution >= 0.6 is 0 Å². The predicted octanol–water partition coefficient (Wildman–Crippen LogP) is 5.18. The summed E-state index contributed by atoms with van der Waals surface area (Å²) in [7, 11) is 0. The minimum atomic E-state index is -0.794. The van der Waals surface area contributed by atoms with Crippen LogP contribution in [-0.4, -0.2) is 47.6 Å². The average molecular weight is 487 g/mol. The smallest absolute Gasteiger partial charge is 0.303 e. The summed E-state index contributed by atoms with van der Waals surface area (Å²) in [5, 5.41) is 14.2. The maximum Gasteiger partial charge on any atom is 0.303 e. The number of aliphatic carboxylic acids is 1. The molecule has 1 fully saturated rings. The first kappa shape index (κ1) is 25.5. The lowest BCUT2D eigenvalue weighted by atomic mass is 10.1. The number of nitrogens with zero attached hydrogens (tertiary/aromatic N) is 1. The van der Waals surface area contributed by atoms with Gasteiger partial charge in [-0.15, -0.1) is 0 Å². The highest BCUT2D eigenvalue weighted by Gasteiger charge is 2.25. The van der Waals surface area contributed by atoms with Crippen LogP contribution in [0.2, 0.25) is 0 Å². The number of amides is 1. The van der Waals surface area contributed by atoms with Crippen molar-refractivity contribution in [2.45, 2.75) is 44.7 Å². The Bertz CT molecular complexity index is 1190. The van der Waals surface area contributed by atoms with Gasteiger partial charge in [-0.3, -0.25) is 14.5 Å². The highest BCUT2D eigenvalue weighted by molar-refractivity contribution is 5.94. The Labute approximate surface area is 212 Å². The molecule has 1 aliphatic heterocycles. The lowest BCUT2D eigenvalue weighted by molar-refractivity contribution is -0.137. The van der Waals surface area contributed by atoms with Crippen molar-refractivity contribution in [2.24, 2.45) is 0 Å². The Kier molecular flexibility index (Phi) is 9.11. The summed E-state index contributed by atoms with van der Waals surface area (Å²) >= 11 is 0. The van der Waals surface area contributed by atoms with Gasteiger partial charge in [0.1, 0.15) is 12.4 Å². The molecule has 0 bridgehead atoms. The van der Waals surface area contributed by atoms with Crippen molar-refractivity contribution >= 4 is 22.6 Å². The van der Waals surface area contributed by atoms with E-state index in [-0.39, 0.29) is 25.0 Å².